The van der Waals surface area contributed by atoms with Crippen molar-refractivity contribution in [1.82, 2.24) is 9.29 Å². The number of guanidine groups is 1. The molecular weight excluding hydrogens is 429 g/mol. The van der Waals surface area contributed by atoms with E-state index < -0.39 is 28.3 Å². The number of nitrogens with two attached hydrogens (primary N) is 1. The van der Waals surface area contributed by atoms with Crippen LogP contribution in [0.1, 0.15) is 22.5 Å². The van der Waals surface area contributed by atoms with E-state index in [9.17, 15) is 17.6 Å². The minimum absolute atomic E-state index is 0.0963. The first-order valence-electron chi connectivity index (χ1n) is 9.29. The van der Waals surface area contributed by atoms with Crippen molar-refractivity contribution in [2.24, 2.45) is 10.7 Å². The lowest BCUT2D eigenvalue weighted by Gasteiger charge is -2.40. The van der Waals surface area contributed by atoms with Crippen molar-refractivity contribution in [1.29, 1.82) is 0 Å². The van der Waals surface area contributed by atoms with Crippen molar-refractivity contribution >= 4 is 27.6 Å². The predicted octanol–water partition coefficient (Wildman–Crippen LogP) is 1.21. The monoisotopic (exact) mass is 449 g/mol. The van der Waals surface area contributed by atoms with Crippen LogP contribution in [-0.2, 0) is 15.6 Å². The zero-order valence-corrected chi connectivity index (χ0v) is 17.4. The molecule has 164 valence electrons. The fourth-order valence-corrected chi connectivity index (χ4v) is 5.04. The van der Waals surface area contributed by atoms with Crippen LogP contribution in [0.25, 0.3) is 0 Å². The maximum atomic E-state index is 12.6. The Balaban J connectivity index is 1.65. The number of aromatic nitrogens is 1. The topological polar surface area (TPSA) is 136 Å². The van der Waals surface area contributed by atoms with Gasteiger partial charge in [0.05, 0.1) is 18.6 Å². The number of rotatable bonds is 4. The van der Waals surface area contributed by atoms with Gasteiger partial charge in [0.25, 0.3) is 5.91 Å². The summed E-state index contributed by atoms with van der Waals surface area (Å²) in [5.41, 5.74) is 5.81. The molecule has 3 heterocycles. The second kappa shape index (κ2) is 7.69. The molecule has 1 aromatic heterocycles. The molecular formula is C19H20FN5O5S. The number of nitrogens with one attached hydrogen (secondary N) is 1. The highest BCUT2D eigenvalue weighted by atomic mass is 32.2. The summed E-state index contributed by atoms with van der Waals surface area (Å²) in [4.78, 5) is 21.0. The van der Waals surface area contributed by atoms with E-state index in [4.69, 9.17) is 10.5 Å². The van der Waals surface area contributed by atoms with Crippen molar-refractivity contribution in [2.45, 2.75) is 12.0 Å². The highest BCUT2D eigenvalue weighted by Gasteiger charge is 2.47. The van der Waals surface area contributed by atoms with Crippen LogP contribution in [0, 0.1) is 0 Å². The molecule has 10 nitrogen and oxygen atoms in total. The summed E-state index contributed by atoms with van der Waals surface area (Å²) in [6.07, 6.45) is 1.56. The Labute approximate surface area is 177 Å². The lowest BCUT2D eigenvalue weighted by Crippen LogP contribution is -2.52. The lowest BCUT2D eigenvalue weighted by atomic mass is 9.86. The fourth-order valence-electron chi connectivity index (χ4n) is 3.55. The number of carbonyl (C=O) groups excluding carboxylic acids is 1. The molecule has 0 bridgehead atoms. The van der Waals surface area contributed by atoms with Crippen LogP contribution in [0.3, 0.4) is 0 Å². The molecule has 1 atom stereocenters. The van der Waals surface area contributed by atoms with Crippen molar-refractivity contribution in [3.8, 4) is 11.5 Å². The molecule has 2 aliphatic heterocycles. The molecule has 0 radical (unpaired) electrons. The van der Waals surface area contributed by atoms with Gasteiger partial charge in [0, 0.05) is 24.7 Å². The molecule has 1 spiro atoms. The maximum absolute atomic E-state index is 12.6. The molecule has 2 aromatic rings. The summed E-state index contributed by atoms with van der Waals surface area (Å²) in [7, 11) is -2.31. The number of carbonyl (C=O) groups is 1. The molecule has 1 aromatic carbocycles. The molecule has 0 unspecified atom stereocenters. The van der Waals surface area contributed by atoms with E-state index in [1.165, 1.54) is 25.4 Å². The second-order valence-corrected chi connectivity index (χ2v) is 9.12. The molecule has 0 saturated carbocycles. The highest BCUT2D eigenvalue weighted by molar-refractivity contribution is 7.89. The summed E-state index contributed by atoms with van der Waals surface area (Å²) in [5, 5.41) is 2.71. The fraction of sp³-hybridized carbons (Fsp3) is 0.316. The average Bonchev–Trinajstić information content (AvgIpc) is 2.73. The highest BCUT2D eigenvalue weighted by Crippen LogP contribution is 2.44. The van der Waals surface area contributed by atoms with Gasteiger partial charge in [-0.3, -0.25) is 4.79 Å². The van der Waals surface area contributed by atoms with Crippen LogP contribution in [0.2, 0.25) is 0 Å². The standard InChI is InChI=1S/C19H20FN5O5S/c1-25-18(21)24-19(10-31(25,27)28)6-7-29-16-5-2-12(8-14(16)19)23-17(26)15-4-3-13(9-22-15)30-11-20/h2-5,8-9H,6-7,10-11H2,1H3,(H2,21,24)(H,23,26)/t19-/m0/s1. The number of ether oxygens (including phenoxy) is 2. The molecule has 12 heteroatoms. The van der Waals surface area contributed by atoms with E-state index in [1.54, 1.807) is 18.2 Å². The minimum Gasteiger partial charge on any atom is -0.493 e. The third kappa shape index (κ3) is 3.85. The van der Waals surface area contributed by atoms with E-state index in [0.29, 0.717) is 23.4 Å². The van der Waals surface area contributed by atoms with Gasteiger partial charge in [0.15, 0.2) is 0 Å². The van der Waals surface area contributed by atoms with Gasteiger partial charge in [-0.1, -0.05) is 0 Å². The largest absolute Gasteiger partial charge is 0.493 e. The first kappa shape index (κ1) is 20.8. The number of benzene rings is 1. The molecule has 2 aliphatic rings. The van der Waals surface area contributed by atoms with Crippen LogP contribution in [-0.4, -0.2) is 55.8 Å². The number of nitrogens with zero attached hydrogens (tertiary/aromatic N) is 3. The smallest absolute Gasteiger partial charge is 0.274 e. The molecule has 1 amide bonds. The summed E-state index contributed by atoms with van der Waals surface area (Å²) in [5.74, 6) is -0.190. The van der Waals surface area contributed by atoms with E-state index >= 15 is 0 Å². The Morgan fingerprint density at radius 2 is 2.19 bits per heavy atom. The van der Waals surface area contributed by atoms with Crippen LogP contribution >= 0.6 is 0 Å². The van der Waals surface area contributed by atoms with Gasteiger partial charge in [0.1, 0.15) is 22.7 Å². The summed E-state index contributed by atoms with van der Waals surface area (Å²) < 4.78 is 48.7. The van der Waals surface area contributed by atoms with Crippen LogP contribution in [0.5, 0.6) is 11.5 Å². The van der Waals surface area contributed by atoms with Crippen molar-refractivity contribution < 1.29 is 27.1 Å². The van der Waals surface area contributed by atoms with Gasteiger partial charge in [-0.05, 0) is 30.3 Å². The quantitative estimate of drug-likeness (QED) is 0.716. The maximum Gasteiger partial charge on any atom is 0.274 e. The Morgan fingerprint density at radius 3 is 2.87 bits per heavy atom. The Morgan fingerprint density at radius 1 is 1.39 bits per heavy atom. The minimum atomic E-state index is -3.66. The number of aliphatic imine (C=N–C) groups is 1. The zero-order valence-electron chi connectivity index (χ0n) is 16.5. The normalized spacial score (nSPS) is 21.6. The van der Waals surface area contributed by atoms with Gasteiger partial charge in [0.2, 0.25) is 22.8 Å². The van der Waals surface area contributed by atoms with E-state index in [1.807, 2.05) is 0 Å². The van der Waals surface area contributed by atoms with E-state index in [2.05, 4.69) is 20.0 Å². The Bertz CT molecular complexity index is 1150. The van der Waals surface area contributed by atoms with E-state index in [-0.39, 0.29) is 29.8 Å². The first-order valence-corrected chi connectivity index (χ1v) is 10.9. The Kier molecular flexibility index (Phi) is 5.17. The number of sulfonamides is 1. The molecule has 4 rings (SSSR count). The number of hydrogen-bond donors (Lipinski definition) is 2. The zero-order chi connectivity index (χ0) is 22.2. The molecule has 0 aliphatic carbocycles. The number of alkyl halides is 1. The number of hydrogen-bond acceptors (Lipinski definition) is 8. The number of fused-ring (bicyclic) bond motifs is 2. The third-order valence-corrected chi connectivity index (χ3v) is 7.06. The first-order chi connectivity index (χ1) is 14.7. The van der Waals surface area contributed by atoms with Gasteiger partial charge in [-0.15, -0.1) is 0 Å². The molecule has 0 fully saturated rings. The number of anilines is 1. The third-order valence-electron chi connectivity index (χ3n) is 5.19. The number of amides is 1. The lowest BCUT2D eigenvalue weighted by molar-refractivity contribution is 0.102. The summed E-state index contributed by atoms with van der Waals surface area (Å²) in [6.45, 7) is -0.712. The Hall–Kier alpha value is -3.41. The van der Waals surface area contributed by atoms with Crippen molar-refractivity contribution in [3.63, 3.8) is 0 Å². The summed E-state index contributed by atoms with van der Waals surface area (Å²) in [6, 6.07) is 7.74. The van der Waals surface area contributed by atoms with Crippen molar-refractivity contribution in [3.05, 3.63) is 47.8 Å². The van der Waals surface area contributed by atoms with E-state index in [0.717, 1.165) is 4.31 Å². The average molecular weight is 449 g/mol. The van der Waals surface area contributed by atoms with Crippen LogP contribution in [0.15, 0.2) is 41.5 Å². The molecule has 31 heavy (non-hydrogen) atoms. The van der Waals surface area contributed by atoms with Gasteiger partial charge in [-0.25, -0.2) is 27.1 Å². The van der Waals surface area contributed by atoms with Gasteiger partial charge < -0.3 is 20.5 Å². The predicted molar refractivity (Wildman–Crippen MR) is 110 cm³/mol. The van der Waals surface area contributed by atoms with Crippen LogP contribution in [0.4, 0.5) is 10.1 Å². The van der Waals surface area contributed by atoms with Crippen molar-refractivity contribution in [2.75, 3.05) is 31.6 Å². The number of halogens is 1. The van der Waals surface area contributed by atoms with Gasteiger partial charge >= 0.3 is 0 Å². The SMILES string of the molecule is CN1C(N)=N[C@@]2(CCOc3ccc(NC(=O)c4ccc(OCF)cn4)cc32)CS1(=O)=O. The van der Waals surface area contributed by atoms with Gasteiger partial charge in [-0.2, -0.15) is 0 Å². The summed E-state index contributed by atoms with van der Waals surface area (Å²) >= 11 is 0. The molecule has 3 N–H and O–H groups in total. The number of pyridine rings is 1. The second-order valence-electron chi connectivity index (χ2n) is 7.12. The molecule has 0 saturated heterocycles. The van der Waals surface area contributed by atoms with Crippen LogP contribution < -0.4 is 20.5 Å².